The zero-order valence-electron chi connectivity index (χ0n) is 11.9. The summed E-state index contributed by atoms with van der Waals surface area (Å²) in [5.74, 6) is -0.420. The van der Waals surface area contributed by atoms with Crippen LogP contribution >= 0.6 is 11.8 Å². The lowest BCUT2D eigenvalue weighted by molar-refractivity contribution is -0.133. The molecule has 0 fully saturated rings. The molecule has 0 aliphatic carbocycles. The Hall–Kier alpha value is -2.28. The maximum atomic E-state index is 12.4. The molecular weight excluding hydrogens is 302 g/mol. The van der Waals surface area contributed by atoms with Crippen molar-refractivity contribution in [3.05, 3.63) is 54.4 Å². The van der Waals surface area contributed by atoms with Crippen LogP contribution < -0.4 is 5.32 Å². The van der Waals surface area contributed by atoms with Crippen LogP contribution in [-0.2, 0) is 9.59 Å². The maximum absolute atomic E-state index is 12.4. The number of amides is 1. The van der Waals surface area contributed by atoms with Crippen LogP contribution in [0.4, 0.5) is 0 Å². The first-order valence-electron chi connectivity index (χ1n) is 6.80. The lowest BCUT2D eigenvalue weighted by Gasteiger charge is -2.17. The summed E-state index contributed by atoms with van der Waals surface area (Å²) in [4.78, 5) is 22.9. The van der Waals surface area contributed by atoms with Crippen molar-refractivity contribution in [1.82, 2.24) is 15.1 Å². The minimum Gasteiger partial charge on any atom is -0.481 e. The third-order valence-electron chi connectivity index (χ3n) is 2.92. The molecule has 116 valence electrons. The van der Waals surface area contributed by atoms with Gasteiger partial charge in [0, 0.05) is 24.7 Å². The average Bonchev–Trinajstić information content (AvgIpc) is 3.02. The number of nitrogens with one attached hydrogen (secondary N) is 1. The topological polar surface area (TPSA) is 84.2 Å². The van der Waals surface area contributed by atoms with Crippen LogP contribution in [-0.4, -0.2) is 44.8 Å². The molecule has 1 amide bonds. The minimum absolute atomic E-state index is 0.0388. The number of nitrogens with zero attached hydrogens (tertiary/aromatic N) is 2. The van der Waals surface area contributed by atoms with E-state index in [9.17, 15) is 9.59 Å². The van der Waals surface area contributed by atoms with E-state index < -0.39 is 12.0 Å². The first kappa shape index (κ1) is 16.1. The summed E-state index contributed by atoms with van der Waals surface area (Å²) in [6, 6.07) is 10.6. The van der Waals surface area contributed by atoms with E-state index in [0.29, 0.717) is 12.3 Å². The van der Waals surface area contributed by atoms with Crippen molar-refractivity contribution < 1.29 is 14.7 Å². The Kier molecular flexibility index (Phi) is 6.02. The highest BCUT2D eigenvalue weighted by Gasteiger charge is 2.22. The van der Waals surface area contributed by atoms with Gasteiger partial charge in [0.1, 0.15) is 0 Å². The van der Waals surface area contributed by atoms with Gasteiger partial charge in [0.05, 0.1) is 5.75 Å². The van der Waals surface area contributed by atoms with Crippen molar-refractivity contribution in [2.75, 3.05) is 18.1 Å². The highest BCUT2D eigenvalue weighted by molar-refractivity contribution is 7.99. The number of carboxylic acids is 1. The molecule has 6 nitrogen and oxygen atoms in total. The van der Waals surface area contributed by atoms with Crippen molar-refractivity contribution in [1.29, 1.82) is 0 Å². The predicted octanol–water partition coefficient (Wildman–Crippen LogP) is 1.41. The molecule has 7 heteroatoms. The summed E-state index contributed by atoms with van der Waals surface area (Å²) in [5.41, 5.74) is 0.849. The number of benzene rings is 1. The fourth-order valence-electron chi connectivity index (χ4n) is 2.00. The number of hydrogen-bond acceptors (Lipinski definition) is 4. The van der Waals surface area contributed by atoms with Crippen LogP contribution in [0.1, 0.15) is 11.6 Å². The van der Waals surface area contributed by atoms with E-state index in [4.69, 9.17) is 5.11 Å². The highest BCUT2D eigenvalue weighted by atomic mass is 32.2. The standard InChI is InChI=1S/C15H17N3O3S/c19-13(20)11-22-10-8-16-15(21)14(18-9-4-7-17-18)12-5-2-1-3-6-12/h1-7,9,14H,8,10-11H2,(H,16,21)(H,19,20). The van der Waals surface area contributed by atoms with Crippen molar-refractivity contribution >= 4 is 23.6 Å². The summed E-state index contributed by atoms with van der Waals surface area (Å²) in [5, 5.41) is 15.5. The average molecular weight is 319 g/mol. The predicted molar refractivity (Wildman–Crippen MR) is 84.8 cm³/mol. The zero-order chi connectivity index (χ0) is 15.8. The highest BCUT2D eigenvalue weighted by Crippen LogP contribution is 2.17. The molecule has 2 rings (SSSR count). The van der Waals surface area contributed by atoms with E-state index in [0.717, 1.165) is 5.56 Å². The molecule has 0 aliphatic rings. The summed E-state index contributed by atoms with van der Waals surface area (Å²) in [6.45, 7) is 0.418. The number of thioether (sulfide) groups is 1. The van der Waals surface area contributed by atoms with Gasteiger partial charge in [-0.2, -0.15) is 5.10 Å². The number of rotatable bonds is 8. The number of carbonyl (C=O) groups is 2. The van der Waals surface area contributed by atoms with Crippen LogP contribution in [0.15, 0.2) is 48.8 Å². The molecule has 0 saturated carbocycles. The van der Waals surface area contributed by atoms with Gasteiger partial charge in [-0.3, -0.25) is 14.3 Å². The molecule has 0 saturated heterocycles. The summed E-state index contributed by atoms with van der Waals surface area (Å²) >= 11 is 1.27. The Morgan fingerprint density at radius 1 is 1.27 bits per heavy atom. The monoisotopic (exact) mass is 319 g/mol. The fourth-order valence-corrected chi connectivity index (χ4v) is 2.56. The molecule has 0 spiro atoms. The second-order valence-electron chi connectivity index (χ2n) is 4.54. The Morgan fingerprint density at radius 3 is 2.68 bits per heavy atom. The SMILES string of the molecule is O=C(O)CSCCNC(=O)C(c1ccccc1)n1cccn1. The van der Waals surface area contributed by atoms with Crippen LogP contribution in [0.5, 0.6) is 0 Å². The Balaban J connectivity index is 1.97. The van der Waals surface area contributed by atoms with Gasteiger partial charge in [-0.25, -0.2) is 0 Å². The molecule has 2 aromatic rings. The molecule has 1 aromatic carbocycles. The molecule has 1 atom stereocenters. The molecular formula is C15H17N3O3S. The van der Waals surface area contributed by atoms with Crippen LogP contribution in [0, 0.1) is 0 Å². The number of carboxylic acid groups (broad SMARTS) is 1. The van der Waals surface area contributed by atoms with E-state index in [1.165, 1.54) is 11.8 Å². The van der Waals surface area contributed by atoms with E-state index in [1.54, 1.807) is 23.1 Å². The Bertz CT molecular complexity index is 602. The quantitative estimate of drug-likeness (QED) is 0.719. The Labute approximate surface area is 132 Å². The van der Waals surface area contributed by atoms with Crippen LogP contribution in [0.3, 0.4) is 0 Å². The van der Waals surface area contributed by atoms with Crippen molar-refractivity contribution in [2.24, 2.45) is 0 Å². The fraction of sp³-hybridized carbons (Fsp3) is 0.267. The summed E-state index contributed by atoms with van der Waals surface area (Å²) in [6.07, 6.45) is 3.38. The molecule has 0 bridgehead atoms. The van der Waals surface area contributed by atoms with Crippen molar-refractivity contribution in [2.45, 2.75) is 6.04 Å². The summed E-state index contributed by atoms with van der Waals surface area (Å²) in [7, 11) is 0. The lowest BCUT2D eigenvalue weighted by atomic mass is 10.1. The maximum Gasteiger partial charge on any atom is 0.313 e. The number of hydrogen-bond donors (Lipinski definition) is 2. The molecule has 0 aliphatic heterocycles. The molecule has 2 N–H and O–H groups in total. The molecule has 0 radical (unpaired) electrons. The first-order chi connectivity index (χ1) is 10.7. The van der Waals surface area contributed by atoms with E-state index >= 15 is 0 Å². The van der Waals surface area contributed by atoms with Gasteiger partial charge in [-0.1, -0.05) is 30.3 Å². The number of carbonyl (C=O) groups excluding carboxylic acids is 1. The summed E-state index contributed by atoms with van der Waals surface area (Å²) < 4.78 is 1.61. The third kappa shape index (κ3) is 4.63. The number of aliphatic carboxylic acids is 1. The zero-order valence-corrected chi connectivity index (χ0v) is 12.7. The lowest BCUT2D eigenvalue weighted by Crippen LogP contribution is -2.35. The van der Waals surface area contributed by atoms with E-state index in [1.807, 2.05) is 30.3 Å². The smallest absolute Gasteiger partial charge is 0.313 e. The van der Waals surface area contributed by atoms with Gasteiger partial charge in [-0.05, 0) is 11.6 Å². The van der Waals surface area contributed by atoms with Crippen LogP contribution in [0.2, 0.25) is 0 Å². The van der Waals surface area contributed by atoms with Gasteiger partial charge in [0.15, 0.2) is 6.04 Å². The van der Waals surface area contributed by atoms with Gasteiger partial charge in [0.25, 0.3) is 0 Å². The molecule has 1 heterocycles. The number of aromatic nitrogens is 2. The normalized spacial score (nSPS) is 11.8. The first-order valence-corrected chi connectivity index (χ1v) is 7.95. The molecule has 1 aromatic heterocycles. The van der Waals surface area contributed by atoms with Crippen molar-refractivity contribution in [3.8, 4) is 0 Å². The van der Waals surface area contributed by atoms with Gasteiger partial charge in [-0.15, -0.1) is 11.8 Å². The van der Waals surface area contributed by atoms with Gasteiger partial charge >= 0.3 is 5.97 Å². The van der Waals surface area contributed by atoms with Gasteiger partial charge in [0.2, 0.25) is 5.91 Å². The van der Waals surface area contributed by atoms with Crippen LogP contribution in [0.25, 0.3) is 0 Å². The van der Waals surface area contributed by atoms with Gasteiger partial charge < -0.3 is 10.4 Å². The third-order valence-corrected chi connectivity index (χ3v) is 3.87. The van der Waals surface area contributed by atoms with E-state index in [-0.39, 0.29) is 11.7 Å². The molecule has 1 unspecified atom stereocenters. The second kappa shape index (κ2) is 8.23. The Morgan fingerprint density at radius 2 is 2.05 bits per heavy atom. The molecule has 22 heavy (non-hydrogen) atoms. The van der Waals surface area contributed by atoms with E-state index in [2.05, 4.69) is 10.4 Å². The second-order valence-corrected chi connectivity index (χ2v) is 5.64. The minimum atomic E-state index is -0.852. The van der Waals surface area contributed by atoms with Crippen molar-refractivity contribution in [3.63, 3.8) is 0 Å². The largest absolute Gasteiger partial charge is 0.481 e.